The van der Waals surface area contributed by atoms with Gasteiger partial charge in [-0.15, -0.1) is 11.3 Å². The standard InChI is InChI=1S/C21H21N3O4S/c1-2-26-20(25)19-24-17(12-29-19)16-11-23-18-15(16)9-14(10-22-18)13-3-5-21(6-4-13)27-7-8-28-21/h3,9-12H,2,4-8H2,1H3,(H,22,23). The van der Waals surface area contributed by atoms with Crippen LogP contribution in [-0.4, -0.2) is 46.5 Å². The van der Waals surface area contributed by atoms with E-state index in [0.29, 0.717) is 24.8 Å². The molecule has 0 amide bonds. The highest BCUT2D eigenvalue weighted by atomic mass is 32.1. The van der Waals surface area contributed by atoms with Gasteiger partial charge in [0.15, 0.2) is 5.79 Å². The number of ether oxygens (including phenoxy) is 3. The molecule has 150 valence electrons. The molecule has 1 aliphatic heterocycles. The van der Waals surface area contributed by atoms with Crippen LogP contribution in [0, 0.1) is 0 Å². The van der Waals surface area contributed by atoms with Crippen molar-refractivity contribution < 1.29 is 19.0 Å². The van der Waals surface area contributed by atoms with Crippen LogP contribution in [0.3, 0.4) is 0 Å². The Morgan fingerprint density at radius 2 is 2.24 bits per heavy atom. The molecular formula is C21H21N3O4S. The predicted octanol–water partition coefficient (Wildman–Crippen LogP) is 4.17. The number of fused-ring (bicyclic) bond motifs is 1. The maximum atomic E-state index is 11.9. The summed E-state index contributed by atoms with van der Waals surface area (Å²) in [6.45, 7) is 3.46. The monoisotopic (exact) mass is 411 g/mol. The van der Waals surface area contributed by atoms with Crippen LogP contribution in [0.25, 0.3) is 27.9 Å². The lowest BCUT2D eigenvalue weighted by Crippen LogP contribution is -2.31. The first-order valence-electron chi connectivity index (χ1n) is 9.75. The number of hydrogen-bond acceptors (Lipinski definition) is 7. The van der Waals surface area contributed by atoms with Crippen molar-refractivity contribution in [3.63, 3.8) is 0 Å². The first-order valence-corrected chi connectivity index (χ1v) is 10.6. The number of carbonyl (C=O) groups excluding carboxylic acids is 1. The van der Waals surface area contributed by atoms with Crippen molar-refractivity contribution in [1.82, 2.24) is 15.0 Å². The second-order valence-corrected chi connectivity index (χ2v) is 7.98. The van der Waals surface area contributed by atoms with Gasteiger partial charge in [0.25, 0.3) is 0 Å². The van der Waals surface area contributed by atoms with Gasteiger partial charge in [0, 0.05) is 41.6 Å². The molecule has 0 unspecified atom stereocenters. The number of nitrogens with zero attached hydrogens (tertiary/aromatic N) is 2. The molecule has 0 atom stereocenters. The summed E-state index contributed by atoms with van der Waals surface area (Å²) in [5, 5.41) is 3.22. The topological polar surface area (TPSA) is 86.3 Å². The fourth-order valence-corrected chi connectivity index (χ4v) is 4.61. The third-order valence-corrected chi connectivity index (χ3v) is 6.20. The van der Waals surface area contributed by atoms with Crippen LogP contribution < -0.4 is 0 Å². The van der Waals surface area contributed by atoms with E-state index in [1.54, 1.807) is 6.92 Å². The summed E-state index contributed by atoms with van der Waals surface area (Å²) in [5.41, 5.74) is 4.81. The number of carbonyl (C=O) groups is 1. The number of allylic oxidation sites excluding steroid dienone is 1. The molecule has 1 N–H and O–H groups in total. The van der Waals surface area contributed by atoms with Crippen LogP contribution in [0.15, 0.2) is 29.9 Å². The molecule has 5 rings (SSSR count). The summed E-state index contributed by atoms with van der Waals surface area (Å²) in [6, 6.07) is 2.14. The highest BCUT2D eigenvalue weighted by Crippen LogP contribution is 2.39. The lowest BCUT2D eigenvalue weighted by atomic mass is 9.90. The summed E-state index contributed by atoms with van der Waals surface area (Å²) in [4.78, 5) is 24.2. The van der Waals surface area contributed by atoms with Gasteiger partial charge < -0.3 is 19.2 Å². The largest absolute Gasteiger partial charge is 0.461 e. The Morgan fingerprint density at radius 1 is 1.38 bits per heavy atom. The fraction of sp³-hybridized carbons (Fsp3) is 0.381. The van der Waals surface area contributed by atoms with Crippen LogP contribution in [0.4, 0.5) is 0 Å². The van der Waals surface area contributed by atoms with Gasteiger partial charge in [-0.25, -0.2) is 14.8 Å². The van der Waals surface area contributed by atoms with Crippen molar-refractivity contribution in [2.45, 2.75) is 32.0 Å². The van der Waals surface area contributed by atoms with Gasteiger partial charge in [-0.3, -0.25) is 0 Å². The van der Waals surface area contributed by atoms with E-state index in [9.17, 15) is 4.79 Å². The van der Waals surface area contributed by atoms with E-state index in [-0.39, 0.29) is 5.97 Å². The summed E-state index contributed by atoms with van der Waals surface area (Å²) < 4.78 is 16.7. The average Bonchev–Trinajstić information content (AvgIpc) is 3.48. The highest BCUT2D eigenvalue weighted by molar-refractivity contribution is 7.11. The molecule has 0 bridgehead atoms. The summed E-state index contributed by atoms with van der Waals surface area (Å²) in [7, 11) is 0. The number of aromatic nitrogens is 3. The van der Waals surface area contributed by atoms with Crippen LogP contribution in [0.5, 0.6) is 0 Å². The van der Waals surface area contributed by atoms with Gasteiger partial charge in [-0.05, 0) is 30.5 Å². The number of hydrogen-bond donors (Lipinski definition) is 1. The molecule has 2 aliphatic rings. The zero-order valence-electron chi connectivity index (χ0n) is 16.1. The summed E-state index contributed by atoms with van der Waals surface area (Å²) in [6.07, 6.45) is 8.48. The molecule has 7 nitrogen and oxygen atoms in total. The fourth-order valence-electron chi connectivity index (χ4n) is 3.90. The molecule has 29 heavy (non-hydrogen) atoms. The first kappa shape index (κ1) is 18.5. The Hall–Kier alpha value is -2.55. The molecule has 1 aliphatic carbocycles. The predicted molar refractivity (Wildman–Crippen MR) is 110 cm³/mol. The molecule has 3 aromatic rings. The number of H-pyrrole nitrogens is 1. The second kappa shape index (κ2) is 7.37. The van der Waals surface area contributed by atoms with Crippen LogP contribution in [-0.2, 0) is 14.2 Å². The molecule has 0 saturated carbocycles. The molecular weight excluding hydrogens is 390 g/mol. The molecule has 4 heterocycles. The van der Waals surface area contributed by atoms with Gasteiger partial charge in [0.2, 0.25) is 5.01 Å². The lowest BCUT2D eigenvalue weighted by molar-refractivity contribution is -0.159. The van der Waals surface area contributed by atoms with Crippen molar-refractivity contribution in [1.29, 1.82) is 0 Å². The van der Waals surface area contributed by atoms with E-state index < -0.39 is 5.79 Å². The van der Waals surface area contributed by atoms with Crippen LogP contribution >= 0.6 is 11.3 Å². The van der Waals surface area contributed by atoms with Gasteiger partial charge in [-0.1, -0.05) is 6.08 Å². The van der Waals surface area contributed by atoms with E-state index in [2.05, 4.69) is 27.1 Å². The lowest BCUT2D eigenvalue weighted by Gasteiger charge is -2.30. The molecule has 0 radical (unpaired) electrons. The smallest absolute Gasteiger partial charge is 0.367 e. The Kier molecular flexibility index (Phi) is 4.69. The Morgan fingerprint density at radius 3 is 3.00 bits per heavy atom. The van der Waals surface area contributed by atoms with Crippen molar-refractivity contribution in [2.24, 2.45) is 0 Å². The number of thiazole rings is 1. The number of pyridine rings is 1. The molecule has 3 aromatic heterocycles. The SMILES string of the molecule is CCOC(=O)c1nc(-c2c[nH]c3ncc(C4=CCC5(CC4)OCCO5)cc23)cs1. The van der Waals surface area contributed by atoms with E-state index in [1.807, 2.05) is 17.8 Å². The second-order valence-electron chi connectivity index (χ2n) is 7.12. The normalized spacial score (nSPS) is 18.3. The molecule has 1 spiro atoms. The quantitative estimate of drug-likeness (QED) is 0.649. The number of rotatable bonds is 4. The van der Waals surface area contributed by atoms with Gasteiger partial charge in [-0.2, -0.15) is 0 Å². The maximum Gasteiger partial charge on any atom is 0.367 e. The number of aromatic amines is 1. The Balaban J connectivity index is 1.45. The van der Waals surface area contributed by atoms with E-state index >= 15 is 0 Å². The van der Waals surface area contributed by atoms with Gasteiger partial charge >= 0.3 is 5.97 Å². The molecule has 0 aromatic carbocycles. The number of esters is 1. The minimum atomic E-state index is -0.426. The Labute approximate surface area is 171 Å². The van der Waals surface area contributed by atoms with Gasteiger partial charge in [0.1, 0.15) is 5.65 Å². The summed E-state index contributed by atoms with van der Waals surface area (Å²) >= 11 is 1.29. The molecule has 1 saturated heterocycles. The van der Waals surface area contributed by atoms with Crippen molar-refractivity contribution in [2.75, 3.05) is 19.8 Å². The maximum absolute atomic E-state index is 11.9. The van der Waals surface area contributed by atoms with Crippen LogP contribution in [0.1, 0.15) is 41.6 Å². The molecule has 8 heteroatoms. The first-order chi connectivity index (χ1) is 14.2. The minimum absolute atomic E-state index is 0.334. The molecule has 1 fully saturated rings. The zero-order chi connectivity index (χ0) is 19.8. The van der Waals surface area contributed by atoms with Crippen molar-refractivity contribution in [3.8, 4) is 11.3 Å². The van der Waals surface area contributed by atoms with Crippen LogP contribution in [0.2, 0.25) is 0 Å². The minimum Gasteiger partial charge on any atom is -0.461 e. The van der Waals surface area contributed by atoms with Gasteiger partial charge in [0.05, 0.1) is 25.5 Å². The van der Waals surface area contributed by atoms with E-state index in [0.717, 1.165) is 47.1 Å². The average molecular weight is 411 g/mol. The number of nitrogens with one attached hydrogen (secondary N) is 1. The van der Waals surface area contributed by atoms with Crippen molar-refractivity contribution in [3.05, 3.63) is 40.5 Å². The van der Waals surface area contributed by atoms with E-state index in [4.69, 9.17) is 14.2 Å². The summed E-state index contributed by atoms with van der Waals surface area (Å²) in [5.74, 6) is -0.815. The third-order valence-electron chi connectivity index (χ3n) is 5.38. The van der Waals surface area contributed by atoms with E-state index in [1.165, 1.54) is 16.9 Å². The zero-order valence-corrected chi connectivity index (χ0v) is 16.9. The third kappa shape index (κ3) is 3.37. The Bertz CT molecular complexity index is 1090. The highest BCUT2D eigenvalue weighted by Gasteiger charge is 2.37. The van der Waals surface area contributed by atoms with Crippen molar-refractivity contribution >= 4 is 33.9 Å².